The molecule has 8 heteroatoms. The van der Waals surface area contributed by atoms with Crippen molar-refractivity contribution in [1.29, 1.82) is 0 Å². The first kappa shape index (κ1) is 17.1. The van der Waals surface area contributed by atoms with Gasteiger partial charge in [-0.3, -0.25) is 9.59 Å². The number of likely N-dealkylation sites (tertiary alicyclic amines) is 1. The Labute approximate surface area is 144 Å². The molecule has 0 radical (unpaired) electrons. The Morgan fingerprint density at radius 2 is 2.12 bits per heavy atom. The molecule has 1 aliphatic heterocycles. The van der Waals surface area contributed by atoms with Crippen LogP contribution in [0.25, 0.3) is 0 Å². The van der Waals surface area contributed by atoms with E-state index < -0.39 is 5.82 Å². The van der Waals surface area contributed by atoms with Gasteiger partial charge < -0.3 is 14.7 Å². The fraction of sp³-hybridized carbons (Fsp3) is 0.412. The number of rotatable bonds is 4. The molecule has 1 fully saturated rings. The van der Waals surface area contributed by atoms with Gasteiger partial charge in [0.15, 0.2) is 5.82 Å². The molecule has 2 aromatic rings. The Morgan fingerprint density at radius 1 is 1.36 bits per heavy atom. The van der Waals surface area contributed by atoms with E-state index in [1.807, 2.05) is 0 Å². The van der Waals surface area contributed by atoms with Gasteiger partial charge in [0, 0.05) is 24.6 Å². The first-order valence-electron chi connectivity index (χ1n) is 8.14. The van der Waals surface area contributed by atoms with Gasteiger partial charge in [-0.1, -0.05) is 11.2 Å². The molecule has 1 N–H and O–H groups in total. The number of hydrogen-bond donors (Lipinski definition) is 1. The van der Waals surface area contributed by atoms with E-state index in [0.29, 0.717) is 43.2 Å². The Morgan fingerprint density at radius 3 is 2.76 bits per heavy atom. The van der Waals surface area contributed by atoms with Gasteiger partial charge in [0.25, 0.3) is 5.91 Å². The molecular formula is C17H19FN4O3. The van der Waals surface area contributed by atoms with E-state index in [9.17, 15) is 14.0 Å². The van der Waals surface area contributed by atoms with Crippen LogP contribution in [0.4, 0.5) is 4.39 Å². The van der Waals surface area contributed by atoms with Gasteiger partial charge >= 0.3 is 0 Å². The summed E-state index contributed by atoms with van der Waals surface area (Å²) >= 11 is 0. The average Bonchev–Trinajstić information content (AvgIpc) is 3.04. The average molecular weight is 346 g/mol. The molecule has 25 heavy (non-hydrogen) atoms. The number of aryl methyl sites for hydroxylation is 1. The van der Waals surface area contributed by atoms with Crippen LogP contribution in [0.15, 0.2) is 28.8 Å². The van der Waals surface area contributed by atoms with Crippen molar-refractivity contribution in [3.8, 4) is 0 Å². The number of benzene rings is 1. The number of carbonyl (C=O) groups is 2. The summed E-state index contributed by atoms with van der Waals surface area (Å²) in [5.74, 6) is -0.0108. The number of halogens is 1. The zero-order valence-corrected chi connectivity index (χ0v) is 13.9. The van der Waals surface area contributed by atoms with Crippen LogP contribution >= 0.6 is 0 Å². The van der Waals surface area contributed by atoms with Gasteiger partial charge in [0.2, 0.25) is 11.8 Å². The van der Waals surface area contributed by atoms with Gasteiger partial charge in [0.1, 0.15) is 5.82 Å². The summed E-state index contributed by atoms with van der Waals surface area (Å²) in [7, 11) is 0. The maximum Gasteiger partial charge on any atom is 0.253 e. The van der Waals surface area contributed by atoms with Crippen molar-refractivity contribution < 1.29 is 18.5 Å². The first-order valence-corrected chi connectivity index (χ1v) is 8.14. The molecule has 1 aromatic heterocycles. The van der Waals surface area contributed by atoms with E-state index in [-0.39, 0.29) is 24.3 Å². The largest absolute Gasteiger partial charge is 0.347 e. The van der Waals surface area contributed by atoms with Crippen LogP contribution in [-0.2, 0) is 11.3 Å². The highest BCUT2D eigenvalue weighted by atomic mass is 19.1. The van der Waals surface area contributed by atoms with Crippen molar-refractivity contribution in [1.82, 2.24) is 20.4 Å². The molecule has 2 amide bonds. The van der Waals surface area contributed by atoms with Gasteiger partial charge in [-0.15, -0.1) is 0 Å². The van der Waals surface area contributed by atoms with E-state index in [1.165, 1.54) is 18.2 Å². The lowest BCUT2D eigenvalue weighted by molar-refractivity contribution is -0.126. The number of aromatic nitrogens is 2. The van der Waals surface area contributed by atoms with Crippen LogP contribution in [0.1, 0.15) is 34.9 Å². The molecule has 3 rings (SSSR count). The van der Waals surface area contributed by atoms with Crippen molar-refractivity contribution in [2.75, 3.05) is 13.1 Å². The third kappa shape index (κ3) is 4.20. The zero-order chi connectivity index (χ0) is 17.8. The molecule has 0 unspecified atom stereocenters. The second-order valence-electron chi connectivity index (χ2n) is 6.03. The highest BCUT2D eigenvalue weighted by molar-refractivity contribution is 5.94. The summed E-state index contributed by atoms with van der Waals surface area (Å²) in [5.41, 5.74) is 0.328. The molecule has 0 atom stereocenters. The third-order valence-corrected chi connectivity index (χ3v) is 4.21. The van der Waals surface area contributed by atoms with E-state index in [1.54, 1.807) is 17.9 Å². The SMILES string of the molecule is Cc1noc(CNC(=O)C2CCN(C(=O)c3cccc(F)c3)CC2)n1. The lowest BCUT2D eigenvalue weighted by Crippen LogP contribution is -2.43. The third-order valence-electron chi connectivity index (χ3n) is 4.21. The van der Waals surface area contributed by atoms with Crippen molar-refractivity contribution in [2.24, 2.45) is 5.92 Å². The summed E-state index contributed by atoms with van der Waals surface area (Å²) in [6, 6.07) is 5.64. The molecule has 1 aliphatic rings. The monoisotopic (exact) mass is 346 g/mol. The van der Waals surface area contributed by atoms with E-state index in [2.05, 4.69) is 15.5 Å². The topological polar surface area (TPSA) is 88.3 Å². The Bertz CT molecular complexity index is 769. The number of nitrogens with one attached hydrogen (secondary N) is 1. The van der Waals surface area contributed by atoms with Crippen LogP contribution in [-0.4, -0.2) is 39.9 Å². The van der Waals surface area contributed by atoms with Gasteiger partial charge in [-0.2, -0.15) is 4.98 Å². The van der Waals surface area contributed by atoms with Crippen LogP contribution in [0.3, 0.4) is 0 Å². The van der Waals surface area contributed by atoms with Crippen LogP contribution in [0.5, 0.6) is 0 Å². The Kier molecular flexibility index (Phi) is 5.06. The van der Waals surface area contributed by atoms with Crippen molar-refractivity contribution in [3.63, 3.8) is 0 Å². The summed E-state index contributed by atoms with van der Waals surface area (Å²) < 4.78 is 18.2. The summed E-state index contributed by atoms with van der Waals surface area (Å²) in [6.07, 6.45) is 1.13. The zero-order valence-electron chi connectivity index (χ0n) is 13.9. The Hall–Kier alpha value is -2.77. The highest BCUT2D eigenvalue weighted by Gasteiger charge is 2.28. The van der Waals surface area contributed by atoms with Crippen molar-refractivity contribution in [2.45, 2.75) is 26.3 Å². The van der Waals surface area contributed by atoms with E-state index in [0.717, 1.165) is 0 Å². The molecular weight excluding hydrogens is 327 g/mol. The number of carbonyl (C=O) groups excluding carboxylic acids is 2. The minimum atomic E-state index is -0.434. The van der Waals surface area contributed by atoms with E-state index in [4.69, 9.17) is 4.52 Å². The second kappa shape index (κ2) is 7.42. The summed E-state index contributed by atoms with van der Waals surface area (Å²) in [6.45, 7) is 2.84. The normalized spacial score (nSPS) is 15.2. The van der Waals surface area contributed by atoms with Crippen molar-refractivity contribution in [3.05, 3.63) is 47.4 Å². The first-order chi connectivity index (χ1) is 12.0. The molecule has 2 heterocycles. The molecule has 132 valence electrons. The summed E-state index contributed by atoms with van der Waals surface area (Å²) in [4.78, 5) is 30.3. The fourth-order valence-electron chi connectivity index (χ4n) is 2.87. The molecule has 1 saturated heterocycles. The standard InChI is InChI=1S/C17H19FN4O3/c1-11-20-15(25-21-11)10-19-16(23)12-5-7-22(8-6-12)17(24)13-3-2-4-14(18)9-13/h2-4,9,12H,5-8,10H2,1H3,(H,19,23). The molecule has 7 nitrogen and oxygen atoms in total. The van der Waals surface area contributed by atoms with Gasteiger partial charge in [0.05, 0.1) is 6.54 Å². The fourth-order valence-corrected chi connectivity index (χ4v) is 2.87. The quantitative estimate of drug-likeness (QED) is 0.910. The lowest BCUT2D eigenvalue weighted by atomic mass is 9.95. The predicted octanol–water partition coefficient (Wildman–Crippen LogP) is 1.69. The number of hydrogen-bond acceptors (Lipinski definition) is 5. The maximum atomic E-state index is 13.2. The number of amides is 2. The maximum absolute atomic E-state index is 13.2. The smallest absolute Gasteiger partial charge is 0.253 e. The minimum Gasteiger partial charge on any atom is -0.347 e. The highest BCUT2D eigenvalue weighted by Crippen LogP contribution is 2.19. The molecule has 0 bridgehead atoms. The Balaban J connectivity index is 1.49. The van der Waals surface area contributed by atoms with Crippen LogP contribution in [0.2, 0.25) is 0 Å². The number of nitrogens with zero attached hydrogens (tertiary/aromatic N) is 3. The van der Waals surface area contributed by atoms with E-state index >= 15 is 0 Å². The minimum absolute atomic E-state index is 0.0892. The van der Waals surface area contributed by atoms with Crippen molar-refractivity contribution >= 4 is 11.8 Å². The second-order valence-corrected chi connectivity index (χ2v) is 6.03. The molecule has 1 aromatic carbocycles. The van der Waals surface area contributed by atoms with Crippen LogP contribution in [0, 0.1) is 18.7 Å². The molecule has 0 saturated carbocycles. The van der Waals surface area contributed by atoms with Gasteiger partial charge in [-0.05, 0) is 38.0 Å². The van der Waals surface area contributed by atoms with Crippen LogP contribution < -0.4 is 5.32 Å². The predicted molar refractivity (Wildman–Crippen MR) is 85.9 cm³/mol. The van der Waals surface area contributed by atoms with Gasteiger partial charge in [-0.25, -0.2) is 4.39 Å². The lowest BCUT2D eigenvalue weighted by Gasteiger charge is -2.31. The number of piperidine rings is 1. The summed E-state index contributed by atoms with van der Waals surface area (Å²) in [5, 5.41) is 6.44. The molecule has 0 spiro atoms. The molecule has 0 aliphatic carbocycles.